The van der Waals surface area contributed by atoms with E-state index < -0.39 is 17.1 Å². The number of aryl methyl sites for hydroxylation is 1. The maximum absolute atomic E-state index is 13.1. The van der Waals surface area contributed by atoms with Crippen molar-refractivity contribution in [1.82, 2.24) is 9.88 Å². The van der Waals surface area contributed by atoms with Gasteiger partial charge >= 0.3 is 0 Å². The van der Waals surface area contributed by atoms with Gasteiger partial charge in [0.05, 0.1) is 17.1 Å². The molecule has 2 aliphatic heterocycles. The second-order valence-corrected chi connectivity index (χ2v) is 10.3. The number of aromatic nitrogens is 1. The first kappa shape index (κ1) is 21.6. The number of hydrogen-bond acceptors (Lipinski definition) is 6. The number of hydrogen-bond donors (Lipinski definition) is 2. The molecule has 0 radical (unpaired) electrons. The Kier molecular flexibility index (Phi) is 4.64. The van der Waals surface area contributed by atoms with Crippen LogP contribution in [0.4, 0.5) is 5.69 Å². The van der Waals surface area contributed by atoms with Crippen LogP contribution in [0, 0.1) is 6.92 Å². The summed E-state index contributed by atoms with van der Waals surface area (Å²) < 4.78 is 6.61. The predicted octanol–water partition coefficient (Wildman–Crippen LogP) is 2.86. The van der Waals surface area contributed by atoms with Crippen molar-refractivity contribution in [3.63, 3.8) is 0 Å². The Labute approximate surface area is 199 Å². The molecule has 1 amide bonds. The highest BCUT2D eigenvalue weighted by Gasteiger charge is 2.73. The van der Waals surface area contributed by atoms with Gasteiger partial charge in [0, 0.05) is 42.7 Å². The van der Waals surface area contributed by atoms with Gasteiger partial charge in [0.1, 0.15) is 6.10 Å². The van der Waals surface area contributed by atoms with Crippen molar-refractivity contribution in [3.8, 4) is 11.5 Å². The van der Waals surface area contributed by atoms with Gasteiger partial charge < -0.3 is 19.8 Å². The molecule has 1 saturated carbocycles. The van der Waals surface area contributed by atoms with Gasteiger partial charge in [-0.3, -0.25) is 14.7 Å². The van der Waals surface area contributed by atoms with Crippen molar-refractivity contribution >= 4 is 11.6 Å². The van der Waals surface area contributed by atoms with Crippen LogP contribution in [0.15, 0.2) is 43.1 Å². The molecule has 178 valence electrons. The summed E-state index contributed by atoms with van der Waals surface area (Å²) in [5.41, 5.74) is 1.99. The lowest BCUT2D eigenvalue weighted by Crippen LogP contribution is -2.78. The van der Waals surface area contributed by atoms with Crippen LogP contribution in [-0.2, 0) is 16.6 Å². The number of likely N-dealkylation sites (tertiary alicyclic amines) is 1. The number of carbonyl (C=O) groups is 1. The lowest BCUT2D eigenvalue weighted by molar-refractivity contribution is -0.187. The molecule has 2 aromatic rings. The average Bonchev–Trinajstić information content (AvgIpc) is 3.15. The Balaban J connectivity index is 1.54. The number of nitrogens with zero attached hydrogens (tertiary/aromatic N) is 3. The minimum absolute atomic E-state index is 0.0664. The molecule has 6 rings (SSSR count). The molecule has 4 aliphatic rings. The molecule has 1 aromatic carbocycles. The highest BCUT2D eigenvalue weighted by Crippen LogP contribution is 2.66. The molecular formula is C27H31N3O4. The van der Waals surface area contributed by atoms with Gasteiger partial charge in [0.15, 0.2) is 11.5 Å². The summed E-state index contributed by atoms with van der Waals surface area (Å²) in [4.78, 5) is 21.5. The zero-order valence-electron chi connectivity index (χ0n) is 19.7. The first-order valence-electron chi connectivity index (χ1n) is 12.1. The number of ether oxygens (including phenoxy) is 1. The highest BCUT2D eigenvalue weighted by atomic mass is 16.5. The molecule has 2 aliphatic carbocycles. The maximum atomic E-state index is 13.1. The number of piperidine rings is 1. The van der Waals surface area contributed by atoms with Crippen LogP contribution in [0.5, 0.6) is 11.5 Å². The van der Waals surface area contributed by atoms with Crippen molar-refractivity contribution in [3.05, 3.63) is 59.9 Å². The number of carbonyl (C=O) groups excluding carboxylic acids is 1. The summed E-state index contributed by atoms with van der Waals surface area (Å²) in [5.74, 6) is 0.514. The average molecular weight is 462 g/mol. The van der Waals surface area contributed by atoms with E-state index in [0.29, 0.717) is 38.0 Å². The Morgan fingerprint density at radius 3 is 2.94 bits per heavy atom. The molecule has 5 atom stereocenters. The highest BCUT2D eigenvalue weighted by molar-refractivity contribution is 5.92. The molecule has 0 unspecified atom stereocenters. The van der Waals surface area contributed by atoms with Gasteiger partial charge in [0.25, 0.3) is 0 Å². The fraction of sp³-hybridized carbons (Fsp3) is 0.481. The van der Waals surface area contributed by atoms with E-state index in [9.17, 15) is 15.0 Å². The van der Waals surface area contributed by atoms with Crippen molar-refractivity contribution < 1.29 is 19.7 Å². The summed E-state index contributed by atoms with van der Waals surface area (Å²) in [6, 6.07) is 7.11. The largest absolute Gasteiger partial charge is 0.504 e. The minimum atomic E-state index is -1.02. The third-order valence-corrected chi connectivity index (χ3v) is 8.73. The minimum Gasteiger partial charge on any atom is -0.504 e. The summed E-state index contributed by atoms with van der Waals surface area (Å²) in [6.45, 7) is 8.94. The Hall–Kier alpha value is -2.90. The van der Waals surface area contributed by atoms with Gasteiger partial charge in [0.2, 0.25) is 5.91 Å². The zero-order valence-corrected chi connectivity index (χ0v) is 19.7. The van der Waals surface area contributed by atoms with E-state index >= 15 is 0 Å². The van der Waals surface area contributed by atoms with Crippen molar-refractivity contribution in [2.75, 3.05) is 18.0 Å². The van der Waals surface area contributed by atoms with Gasteiger partial charge in [-0.25, -0.2) is 0 Å². The molecule has 2 fully saturated rings. The number of aliphatic hydroxyl groups is 1. The molecule has 2 N–H and O–H groups in total. The Morgan fingerprint density at radius 1 is 1.38 bits per heavy atom. The number of phenols is 1. The molecule has 1 aromatic heterocycles. The van der Waals surface area contributed by atoms with Crippen LogP contribution in [0.3, 0.4) is 0 Å². The lowest BCUT2D eigenvalue weighted by Gasteiger charge is -2.64. The molecule has 34 heavy (non-hydrogen) atoms. The molecule has 2 bridgehead atoms. The van der Waals surface area contributed by atoms with Crippen LogP contribution in [-0.4, -0.2) is 62.9 Å². The first-order chi connectivity index (χ1) is 16.3. The number of amides is 1. The number of rotatable bonds is 4. The van der Waals surface area contributed by atoms with Crippen molar-refractivity contribution in [2.45, 2.75) is 68.7 Å². The summed E-state index contributed by atoms with van der Waals surface area (Å²) in [7, 11) is 0. The molecule has 7 heteroatoms. The van der Waals surface area contributed by atoms with E-state index in [4.69, 9.17) is 4.74 Å². The summed E-state index contributed by atoms with van der Waals surface area (Å²) in [6.07, 6.45) is 5.71. The summed E-state index contributed by atoms with van der Waals surface area (Å²) in [5, 5.41) is 23.3. The van der Waals surface area contributed by atoms with E-state index in [1.54, 1.807) is 19.2 Å². The number of aromatic hydroxyl groups is 1. The van der Waals surface area contributed by atoms with Gasteiger partial charge in [-0.05, 0) is 62.9 Å². The first-order valence-corrected chi connectivity index (χ1v) is 12.1. The number of pyridine rings is 1. The van der Waals surface area contributed by atoms with E-state index in [1.807, 2.05) is 36.1 Å². The maximum Gasteiger partial charge on any atom is 0.224 e. The standard InChI is InChI=1S/C27H31N3O4/c1-4-12-29-13-10-26-23-18-5-6-21(32)24(23)34-25(26)20(7-9-27(26,33)22(29)15-18)30(17(3)31)19-8-11-28-16(2)14-19/h4-6,8,11,14,20,22,25,32-33H,1,7,9-10,12-13,15H2,2-3H3/t20-,22-,25+,26+,27-/m1/s1. The predicted molar refractivity (Wildman–Crippen MR) is 128 cm³/mol. The molecule has 1 saturated heterocycles. The zero-order chi connectivity index (χ0) is 23.8. The Bertz CT molecular complexity index is 1200. The van der Waals surface area contributed by atoms with Crippen LogP contribution in [0.25, 0.3) is 0 Å². The number of phenolic OH excluding ortho intramolecular Hbond substituents is 1. The third kappa shape index (κ3) is 2.59. The smallest absolute Gasteiger partial charge is 0.224 e. The second-order valence-electron chi connectivity index (χ2n) is 10.3. The van der Waals surface area contributed by atoms with E-state index in [-0.39, 0.29) is 23.7 Å². The fourth-order valence-electron chi connectivity index (χ4n) is 7.54. The van der Waals surface area contributed by atoms with Gasteiger partial charge in [-0.2, -0.15) is 0 Å². The molecule has 7 nitrogen and oxygen atoms in total. The molecular weight excluding hydrogens is 430 g/mol. The van der Waals surface area contributed by atoms with Crippen molar-refractivity contribution in [1.29, 1.82) is 0 Å². The fourth-order valence-corrected chi connectivity index (χ4v) is 7.54. The quantitative estimate of drug-likeness (QED) is 0.681. The van der Waals surface area contributed by atoms with Crippen LogP contribution >= 0.6 is 0 Å². The second kappa shape index (κ2) is 7.30. The van der Waals surface area contributed by atoms with Gasteiger partial charge in [-0.1, -0.05) is 12.1 Å². The van der Waals surface area contributed by atoms with Crippen LogP contribution in [0.2, 0.25) is 0 Å². The van der Waals surface area contributed by atoms with Crippen molar-refractivity contribution in [2.24, 2.45) is 0 Å². The van der Waals surface area contributed by atoms with Gasteiger partial charge in [-0.15, -0.1) is 6.58 Å². The van der Waals surface area contributed by atoms with Crippen LogP contribution < -0.4 is 9.64 Å². The molecule has 3 heterocycles. The number of benzene rings is 1. The monoisotopic (exact) mass is 461 g/mol. The number of anilines is 1. The van der Waals surface area contributed by atoms with E-state index in [2.05, 4.69) is 16.5 Å². The van der Waals surface area contributed by atoms with Crippen LogP contribution in [0.1, 0.15) is 43.0 Å². The normalized spacial score (nSPS) is 33.1. The third-order valence-electron chi connectivity index (χ3n) is 8.73. The molecule has 1 spiro atoms. The Morgan fingerprint density at radius 2 is 2.21 bits per heavy atom. The SMILES string of the molecule is C=CCN1CC[C@]23c4c5ccc(O)c4O[C@H]2[C@H](N(C(C)=O)c2ccnc(C)c2)CC[C@@]3(O)[C@H]1C5. The summed E-state index contributed by atoms with van der Waals surface area (Å²) >= 11 is 0. The van der Waals surface area contributed by atoms with E-state index in [0.717, 1.165) is 29.1 Å². The van der Waals surface area contributed by atoms with E-state index in [1.165, 1.54) is 0 Å². The lowest BCUT2D eigenvalue weighted by atomic mass is 9.48. The topological polar surface area (TPSA) is 86.1 Å².